The maximum absolute atomic E-state index is 12.5. The Bertz CT molecular complexity index is 780. The molecule has 0 bridgehead atoms. The van der Waals surface area contributed by atoms with Crippen LogP contribution in [0.1, 0.15) is 37.8 Å². The molecule has 0 aliphatic carbocycles. The summed E-state index contributed by atoms with van der Waals surface area (Å²) >= 11 is 12.6. The molecule has 0 aromatic heterocycles. The molecule has 9 heteroatoms. The van der Waals surface area contributed by atoms with Crippen LogP contribution >= 0.6 is 23.2 Å². The predicted molar refractivity (Wildman–Crippen MR) is 103 cm³/mol. The van der Waals surface area contributed by atoms with Gasteiger partial charge >= 0.3 is 12.0 Å². The van der Waals surface area contributed by atoms with Gasteiger partial charge in [0.15, 0.2) is 5.75 Å². The van der Waals surface area contributed by atoms with E-state index in [0.29, 0.717) is 17.7 Å². The molecule has 1 aliphatic heterocycles. The van der Waals surface area contributed by atoms with Crippen LogP contribution in [0.5, 0.6) is 11.5 Å². The third kappa shape index (κ3) is 4.25. The van der Waals surface area contributed by atoms with Crippen molar-refractivity contribution in [3.63, 3.8) is 0 Å². The monoisotopic (exact) mass is 416 g/mol. The summed E-state index contributed by atoms with van der Waals surface area (Å²) in [4.78, 5) is 24.7. The van der Waals surface area contributed by atoms with Gasteiger partial charge in [-0.25, -0.2) is 9.59 Å². The zero-order chi connectivity index (χ0) is 20.1. The molecule has 1 heterocycles. The van der Waals surface area contributed by atoms with E-state index >= 15 is 0 Å². The minimum absolute atomic E-state index is 0.148. The summed E-state index contributed by atoms with van der Waals surface area (Å²) in [5, 5.41) is 5.80. The van der Waals surface area contributed by atoms with E-state index in [1.165, 1.54) is 21.3 Å². The first kappa shape index (κ1) is 21.2. The number of amides is 2. The Morgan fingerprint density at radius 3 is 2.41 bits per heavy atom. The van der Waals surface area contributed by atoms with Gasteiger partial charge in [-0.15, -0.1) is 0 Å². The molecular weight excluding hydrogens is 395 g/mol. The van der Waals surface area contributed by atoms with Crippen LogP contribution in [0.15, 0.2) is 17.3 Å². The van der Waals surface area contributed by atoms with Crippen LogP contribution in [-0.2, 0) is 9.53 Å². The van der Waals surface area contributed by atoms with Crippen molar-refractivity contribution in [2.24, 2.45) is 0 Å². The Morgan fingerprint density at radius 2 is 1.85 bits per heavy atom. The topological polar surface area (TPSA) is 85.9 Å². The number of unbranched alkanes of at least 4 members (excludes halogenated alkanes) is 1. The van der Waals surface area contributed by atoms with Crippen LogP contribution in [0.25, 0.3) is 0 Å². The van der Waals surface area contributed by atoms with Gasteiger partial charge in [0.05, 0.1) is 38.0 Å². The SMILES string of the molecule is CCCCC1=C(C(=O)OC)C(c2cc(Cl)c(OC)c(Cl)c2OC)NC(=O)N1. The summed E-state index contributed by atoms with van der Waals surface area (Å²) in [5.74, 6) is -0.0703. The predicted octanol–water partition coefficient (Wildman–Crippen LogP) is 3.98. The zero-order valence-electron chi connectivity index (χ0n) is 15.6. The van der Waals surface area contributed by atoms with Gasteiger partial charge in [0.1, 0.15) is 10.8 Å². The minimum Gasteiger partial charge on any atom is -0.495 e. The van der Waals surface area contributed by atoms with Crippen molar-refractivity contribution < 1.29 is 23.8 Å². The molecule has 7 nitrogen and oxygen atoms in total. The summed E-state index contributed by atoms with van der Waals surface area (Å²) in [6.45, 7) is 2.02. The van der Waals surface area contributed by atoms with Gasteiger partial charge in [-0.3, -0.25) is 0 Å². The fraction of sp³-hybridized carbons (Fsp3) is 0.444. The molecule has 1 aromatic rings. The number of carbonyl (C=O) groups is 2. The lowest BCUT2D eigenvalue weighted by Gasteiger charge is -2.30. The molecule has 1 unspecified atom stereocenters. The third-order valence-corrected chi connectivity index (χ3v) is 4.84. The van der Waals surface area contributed by atoms with Gasteiger partial charge in [0, 0.05) is 11.3 Å². The quantitative estimate of drug-likeness (QED) is 0.656. The van der Waals surface area contributed by atoms with Crippen LogP contribution in [-0.4, -0.2) is 33.3 Å². The largest absolute Gasteiger partial charge is 0.495 e. The first-order valence-corrected chi connectivity index (χ1v) is 9.13. The van der Waals surface area contributed by atoms with Crippen molar-refractivity contribution in [2.45, 2.75) is 32.2 Å². The number of rotatable bonds is 7. The number of methoxy groups -OCH3 is 3. The maximum atomic E-state index is 12.5. The number of urea groups is 1. The molecule has 1 aromatic carbocycles. The van der Waals surface area contributed by atoms with Crippen LogP contribution in [0.3, 0.4) is 0 Å². The Kier molecular flexibility index (Phi) is 7.21. The van der Waals surface area contributed by atoms with E-state index in [2.05, 4.69) is 10.6 Å². The molecule has 1 aliphatic rings. The lowest BCUT2D eigenvalue weighted by molar-refractivity contribution is -0.136. The molecule has 0 saturated heterocycles. The Labute approximate surface area is 167 Å². The normalized spacial score (nSPS) is 16.5. The van der Waals surface area contributed by atoms with Crippen molar-refractivity contribution in [3.8, 4) is 11.5 Å². The first-order chi connectivity index (χ1) is 12.9. The van der Waals surface area contributed by atoms with Gasteiger partial charge in [0.25, 0.3) is 0 Å². The molecule has 2 amide bonds. The molecule has 2 rings (SSSR count). The highest BCUT2D eigenvalue weighted by atomic mass is 35.5. The maximum Gasteiger partial charge on any atom is 0.337 e. The second-order valence-electron chi connectivity index (χ2n) is 5.85. The number of hydrogen-bond donors (Lipinski definition) is 2. The smallest absolute Gasteiger partial charge is 0.337 e. The lowest BCUT2D eigenvalue weighted by atomic mass is 9.92. The molecule has 0 fully saturated rings. The van der Waals surface area contributed by atoms with E-state index in [1.807, 2.05) is 6.92 Å². The highest BCUT2D eigenvalue weighted by Gasteiger charge is 2.36. The highest BCUT2D eigenvalue weighted by Crippen LogP contribution is 2.46. The Balaban J connectivity index is 2.70. The fourth-order valence-electron chi connectivity index (χ4n) is 2.96. The van der Waals surface area contributed by atoms with Crippen LogP contribution in [0.2, 0.25) is 10.0 Å². The standard InChI is InChI=1S/C18H22Cl2N2O5/c1-5-6-7-11-12(17(23)27-4)14(22-18(24)21-11)9-8-10(19)16(26-3)13(20)15(9)25-2/h8,14H,5-7H2,1-4H3,(H2,21,22,24). The molecule has 1 atom stereocenters. The van der Waals surface area contributed by atoms with Gasteiger partial charge in [0.2, 0.25) is 0 Å². The van der Waals surface area contributed by atoms with Crippen molar-refractivity contribution in [2.75, 3.05) is 21.3 Å². The number of benzene rings is 1. The minimum atomic E-state index is -0.839. The van der Waals surface area contributed by atoms with Crippen LogP contribution in [0, 0.1) is 0 Å². The molecule has 0 spiro atoms. The number of nitrogens with one attached hydrogen (secondary N) is 2. The number of carbonyl (C=O) groups excluding carboxylic acids is 2. The molecule has 2 N–H and O–H groups in total. The van der Waals surface area contributed by atoms with Crippen molar-refractivity contribution in [1.82, 2.24) is 10.6 Å². The second kappa shape index (κ2) is 9.19. The van der Waals surface area contributed by atoms with Crippen molar-refractivity contribution >= 4 is 35.2 Å². The van der Waals surface area contributed by atoms with Gasteiger partial charge in [-0.1, -0.05) is 36.5 Å². The fourth-order valence-corrected chi connectivity index (χ4v) is 3.67. The zero-order valence-corrected chi connectivity index (χ0v) is 17.1. The lowest BCUT2D eigenvalue weighted by Crippen LogP contribution is -2.46. The number of esters is 1. The molecule has 0 saturated carbocycles. The van der Waals surface area contributed by atoms with Gasteiger partial charge in [-0.05, 0) is 18.9 Å². The van der Waals surface area contributed by atoms with Gasteiger partial charge < -0.3 is 24.8 Å². The van der Waals surface area contributed by atoms with E-state index < -0.39 is 18.0 Å². The highest BCUT2D eigenvalue weighted by molar-refractivity contribution is 6.38. The Hall–Kier alpha value is -2.12. The number of ether oxygens (including phenoxy) is 3. The van der Waals surface area contributed by atoms with E-state index in [1.54, 1.807) is 6.07 Å². The number of halogens is 2. The summed E-state index contributed by atoms with van der Waals surface area (Å²) < 4.78 is 15.6. The second-order valence-corrected chi connectivity index (χ2v) is 6.63. The summed E-state index contributed by atoms with van der Waals surface area (Å²) in [6.07, 6.45) is 2.21. The average Bonchev–Trinajstić information content (AvgIpc) is 2.65. The summed E-state index contributed by atoms with van der Waals surface area (Å²) in [6, 6.07) is 0.277. The molecular formula is C18H22Cl2N2O5. The molecule has 148 valence electrons. The number of hydrogen-bond acceptors (Lipinski definition) is 5. The Morgan fingerprint density at radius 1 is 1.19 bits per heavy atom. The van der Waals surface area contributed by atoms with Gasteiger partial charge in [-0.2, -0.15) is 0 Å². The summed E-state index contributed by atoms with van der Waals surface area (Å²) in [7, 11) is 4.15. The van der Waals surface area contributed by atoms with Crippen LogP contribution in [0.4, 0.5) is 4.79 Å². The van der Waals surface area contributed by atoms with Crippen LogP contribution < -0.4 is 20.1 Å². The average molecular weight is 417 g/mol. The van der Waals surface area contributed by atoms with E-state index in [-0.39, 0.29) is 27.1 Å². The molecule has 0 radical (unpaired) electrons. The third-order valence-electron chi connectivity index (χ3n) is 4.22. The van der Waals surface area contributed by atoms with E-state index in [9.17, 15) is 9.59 Å². The number of allylic oxidation sites excluding steroid dienone is 1. The van der Waals surface area contributed by atoms with E-state index in [0.717, 1.165) is 12.8 Å². The first-order valence-electron chi connectivity index (χ1n) is 8.38. The van der Waals surface area contributed by atoms with E-state index in [4.69, 9.17) is 37.4 Å². The van der Waals surface area contributed by atoms with Crippen molar-refractivity contribution in [1.29, 1.82) is 0 Å². The summed E-state index contributed by atoms with van der Waals surface area (Å²) in [5.41, 5.74) is 1.21. The van der Waals surface area contributed by atoms with Crippen molar-refractivity contribution in [3.05, 3.63) is 32.9 Å². The molecule has 27 heavy (non-hydrogen) atoms.